The van der Waals surface area contributed by atoms with Gasteiger partial charge in [0.1, 0.15) is 5.76 Å². The third-order valence-corrected chi connectivity index (χ3v) is 2.87. The van der Waals surface area contributed by atoms with E-state index in [2.05, 4.69) is 0 Å². The van der Waals surface area contributed by atoms with Crippen LogP contribution in [0.15, 0.2) is 36.4 Å². The van der Waals surface area contributed by atoms with E-state index in [-0.39, 0.29) is 5.76 Å². The molecule has 0 radical (unpaired) electrons. The first-order valence-electron chi connectivity index (χ1n) is 5.81. The zero-order valence-corrected chi connectivity index (χ0v) is 10.3. The van der Waals surface area contributed by atoms with Gasteiger partial charge >= 0.3 is 5.97 Å². The molecule has 0 fully saturated rings. The summed E-state index contributed by atoms with van der Waals surface area (Å²) in [5.74, 6) is -3.08. The number of hydrogen-bond donors (Lipinski definition) is 2. The van der Waals surface area contributed by atoms with Crippen molar-refractivity contribution in [1.29, 1.82) is 0 Å². The molecule has 2 aromatic rings. The van der Waals surface area contributed by atoms with E-state index in [1.807, 2.05) is 35.8 Å². The van der Waals surface area contributed by atoms with Gasteiger partial charge in [-0.25, -0.2) is 4.79 Å². The Morgan fingerprint density at radius 1 is 1.26 bits per heavy atom. The Kier molecular flexibility index (Phi) is 3.37. The smallest absolute Gasteiger partial charge is 0.376 e. The van der Waals surface area contributed by atoms with Gasteiger partial charge in [-0.05, 0) is 19.1 Å². The zero-order valence-electron chi connectivity index (χ0n) is 10.3. The molecule has 1 aromatic carbocycles. The number of carbonyl (C=O) groups is 2. The molecule has 0 aliphatic rings. The molecule has 0 aliphatic carbocycles. The minimum absolute atomic E-state index is 0.342. The van der Waals surface area contributed by atoms with Crippen LogP contribution in [0.1, 0.15) is 12.6 Å². The fraction of sp³-hybridized carbons (Fsp3) is 0.143. The lowest BCUT2D eigenvalue weighted by Gasteiger charge is -2.06. The maximum atomic E-state index is 11.1. The number of carboxylic acids is 1. The number of nitrogens with zero attached hydrogens (tertiary/aromatic N) is 1. The number of carboxylic acid groups (broad SMARTS) is 1. The number of aliphatic hydroxyl groups is 1. The summed E-state index contributed by atoms with van der Waals surface area (Å²) in [6, 6.07) is 9.25. The van der Waals surface area contributed by atoms with Crippen LogP contribution in [-0.2, 0) is 16.1 Å². The van der Waals surface area contributed by atoms with Crippen LogP contribution in [0.2, 0.25) is 0 Å². The van der Waals surface area contributed by atoms with E-state index < -0.39 is 11.8 Å². The Balaban J connectivity index is 2.56. The predicted molar refractivity (Wildman–Crippen MR) is 70.9 cm³/mol. The summed E-state index contributed by atoms with van der Waals surface area (Å²) in [6.45, 7) is 2.50. The molecule has 5 heteroatoms. The number of aryl methyl sites for hydroxylation is 1. The van der Waals surface area contributed by atoms with Crippen LogP contribution in [-0.4, -0.2) is 26.5 Å². The number of aliphatic hydroxyl groups excluding tert-OH is 1. The quantitative estimate of drug-likeness (QED) is 0.501. The van der Waals surface area contributed by atoms with Gasteiger partial charge in [-0.1, -0.05) is 18.2 Å². The molecular weight excluding hydrogens is 246 g/mol. The van der Waals surface area contributed by atoms with Crippen LogP contribution in [0.4, 0.5) is 0 Å². The molecule has 0 saturated heterocycles. The van der Waals surface area contributed by atoms with E-state index in [0.29, 0.717) is 12.2 Å². The maximum Gasteiger partial charge on any atom is 0.376 e. The lowest BCUT2D eigenvalue weighted by molar-refractivity contribution is -0.146. The van der Waals surface area contributed by atoms with Crippen molar-refractivity contribution in [3.05, 3.63) is 42.1 Å². The van der Waals surface area contributed by atoms with E-state index >= 15 is 0 Å². The van der Waals surface area contributed by atoms with Crippen molar-refractivity contribution >= 4 is 28.4 Å². The molecule has 2 rings (SSSR count). The van der Waals surface area contributed by atoms with Gasteiger partial charge < -0.3 is 14.8 Å². The average Bonchev–Trinajstić information content (AvgIpc) is 2.76. The molecule has 1 heterocycles. The summed E-state index contributed by atoms with van der Waals surface area (Å²) in [4.78, 5) is 21.6. The molecule has 0 atom stereocenters. The number of rotatable bonds is 4. The highest BCUT2D eigenvalue weighted by Gasteiger charge is 2.14. The molecule has 0 bridgehead atoms. The number of aliphatic carboxylic acids is 1. The molecule has 98 valence electrons. The first-order chi connectivity index (χ1) is 9.04. The van der Waals surface area contributed by atoms with Crippen molar-refractivity contribution in [2.75, 3.05) is 0 Å². The lowest BCUT2D eigenvalue weighted by atomic mass is 10.2. The highest BCUT2D eigenvalue weighted by molar-refractivity contribution is 6.38. The van der Waals surface area contributed by atoms with Gasteiger partial charge in [0.15, 0.2) is 0 Å². The summed E-state index contributed by atoms with van der Waals surface area (Å²) < 4.78 is 1.82. The van der Waals surface area contributed by atoms with Gasteiger partial charge in [-0.2, -0.15) is 0 Å². The largest absolute Gasteiger partial charge is 0.506 e. The standard InChI is InChI=1S/C14H13NO4/c1-2-15-10-6-4-3-5-9(10)7-11(15)12(16)8-13(17)14(18)19/h3-8,16H,2H2,1H3,(H,18,19). The summed E-state index contributed by atoms with van der Waals surface area (Å²) in [5, 5.41) is 19.4. The van der Waals surface area contributed by atoms with E-state index in [4.69, 9.17) is 5.11 Å². The van der Waals surface area contributed by atoms with Gasteiger partial charge in [-0.3, -0.25) is 4.79 Å². The Hall–Kier alpha value is -2.56. The van der Waals surface area contributed by atoms with E-state index in [0.717, 1.165) is 17.0 Å². The predicted octanol–water partition coefficient (Wildman–Crippen LogP) is 2.21. The number of carbonyl (C=O) groups excluding carboxylic acids is 1. The number of fused-ring (bicyclic) bond motifs is 1. The van der Waals surface area contributed by atoms with Gasteiger partial charge in [-0.15, -0.1) is 0 Å². The average molecular weight is 259 g/mol. The van der Waals surface area contributed by atoms with Crippen molar-refractivity contribution in [2.24, 2.45) is 0 Å². The van der Waals surface area contributed by atoms with Crippen LogP contribution in [0, 0.1) is 0 Å². The summed E-state index contributed by atoms with van der Waals surface area (Å²) in [6.07, 6.45) is 0.725. The van der Waals surface area contributed by atoms with Gasteiger partial charge in [0.05, 0.1) is 5.69 Å². The fourth-order valence-electron chi connectivity index (χ4n) is 2.02. The second-order valence-corrected chi connectivity index (χ2v) is 4.03. The molecular formula is C14H13NO4. The van der Waals surface area contributed by atoms with Gasteiger partial charge in [0.2, 0.25) is 0 Å². The molecule has 0 saturated carbocycles. The summed E-state index contributed by atoms with van der Waals surface area (Å²) in [5.41, 5.74) is 1.35. The molecule has 0 spiro atoms. The first-order valence-corrected chi connectivity index (χ1v) is 5.81. The molecule has 1 aromatic heterocycles. The minimum Gasteiger partial charge on any atom is -0.506 e. The van der Waals surface area contributed by atoms with Crippen molar-refractivity contribution in [3.8, 4) is 0 Å². The number of ketones is 1. The molecule has 0 amide bonds. The first kappa shape index (κ1) is 12.9. The molecule has 19 heavy (non-hydrogen) atoms. The van der Waals surface area contributed by atoms with E-state index in [1.165, 1.54) is 0 Å². The number of para-hydroxylation sites is 1. The van der Waals surface area contributed by atoms with Crippen LogP contribution in [0.3, 0.4) is 0 Å². The third-order valence-electron chi connectivity index (χ3n) is 2.87. The van der Waals surface area contributed by atoms with Crippen molar-refractivity contribution < 1.29 is 19.8 Å². The third kappa shape index (κ3) is 2.35. The van der Waals surface area contributed by atoms with Crippen molar-refractivity contribution in [1.82, 2.24) is 4.57 Å². The highest BCUT2D eigenvalue weighted by atomic mass is 16.4. The topological polar surface area (TPSA) is 79.5 Å². The second-order valence-electron chi connectivity index (χ2n) is 4.03. The van der Waals surface area contributed by atoms with Crippen LogP contribution in [0.25, 0.3) is 16.7 Å². The lowest BCUT2D eigenvalue weighted by Crippen LogP contribution is -2.10. The Labute approximate surface area is 109 Å². The number of aromatic nitrogens is 1. The zero-order chi connectivity index (χ0) is 14.0. The second kappa shape index (κ2) is 4.97. The van der Waals surface area contributed by atoms with E-state index in [1.54, 1.807) is 6.07 Å². The Morgan fingerprint density at radius 2 is 1.95 bits per heavy atom. The van der Waals surface area contributed by atoms with Gasteiger partial charge in [0.25, 0.3) is 5.78 Å². The molecule has 0 aliphatic heterocycles. The highest BCUT2D eigenvalue weighted by Crippen LogP contribution is 2.23. The van der Waals surface area contributed by atoms with Crippen LogP contribution < -0.4 is 0 Å². The number of hydrogen-bond acceptors (Lipinski definition) is 3. The van der Waals surface area contributed by atoms with Gasteiger partial charge in [0, 0.05) is 23.5 Å². The van der Waals surface area contributed by atoms with Crippen LogP contribution in [0.5, 0.6) is 0 Å². The Bertz CT molecular complexity index is 682. The van der Waals surface area contributed by atoms with E-state index in [9.17, 15) is 14.7 Å². The summed E-state index contributed by atoms with van der Waals surface area (Å²) in [7, 11) is 0. The van der Waals surface area contributed by atoms with Crippen LogP contribution >= 0.6 is 0 Å². The SMILES string of the molecule is CCn1c(C(O)=CC(=O)C(=O)O)cc2ccccc21. The minimum atomic E-state index is -1.59. The normalized spacial score (nSPS) is 11.7. The molecule has 0 unspecified atom stereocenters. The molecule has 5 nitrogen and oxygen atoms in total. The fourth-order valence-corrected chi connectivity index (χ4v) is 2.02. The van der Waals surface area contributed by atoms with Crippen molar-refractivity contribution in [3.63, 3.8) is 0 Å². The molecule has 2 N–H and O–H groups in total. The monoisotopic (exact) mass is 259 g/mol. The maximum absolute atomic E-state index is 11.1. The number of benzene rings is 1. The Morgan fingerprint density at radius 3 is 2.58 bits per heavy atom. The summed E-state index contributed by atoms with van der Waals surface area (Å²) >= 11 is 0. The van der Waals surface area contributed by atoms with Crippen molar-refractivity contribution in [2.45, 2.75) is 13.5 Å².